The zero-order chi connectivity index (χ0) is 16.4. The van der Waals surface area contributed by atoms with E-state index in [-0.39, 0.29) is 5.91 Å². The van der Waals surface area contributed by atoms with Gasteiger partial charge < -0.3 is 5.32 Å². The van der Waals surface area contributed by atoms with Crippen LogP contribution in [0, 0.1) is 13.8 Å². The topological polar surface area (TPSA) is 42.0 Å². The minimum Gasteiger partial charge on any atom is -0.302 e. The second-order valence-corrected chi connectivity index (χ2v) is 6.82. The van der Waals surface area contributed by atoms with Gasteiger partial charge in [-0.05, 0) is 43.0 Å². The zero-order valence-electron chi connectivity index (χ0n) is 13.6. The van der Waals surface area contributed by atoms with Crippen molar-refractivity contribution in [3.63, 3.8) is 0 Å². The summed E-state index contributed by atoms with van der Waals surface area (Å²) < 4.78 is 1.12. The number of thiazole rings is 1. The van der Waals surface area contributed by atoms with E-state index in [1.165, 1.54) is 22.5 Å². The molecule has 4 heteroatoms. The van der Waals surface area contributed by atoms with Gasteiger partial charge in [-0.25, -0.2) is 4.98 Å². The molecule has 118 valence electrons. The Labute approximate surface area is 140 Å². The molecule has 0 spiro atoms. The molecule has 3 nitrogen and oxygen atoms in total. The average Bonchev–Trinajstić information content (AvgIpc) is 2.92. The van der Waals surface area contributed by atoms with Crippen molar-refractivity contribution >= 4 is 32.6 Å². The molecule has 3 aromatic rings. The minimum atomic E-state index is -0.0194. The fraction of sp³-hybridized carbons (Fsp3) is 0.263. The molecule has 23 heavy (non-hydrogen) atoms. The maximum absolute atomic E-state index is 12.3. The molecule has 1 amide bonds. The van der Waals surface area contributed by atoms with Crippen LogP contribution in [0.4, 0.5) is 5.13 Å². The molecule has 2 aromatic carbocycles. The lowest BCUT2D eigenvalue weighted by molar-refractivity contribution is -0.115. The van der Waals surface area contributed by atoms with Crippen LogP contribution in [0.15, 0.2) is 36.4 Å². The standard InChI is InChI=1S/C19H20N2OS/c1-4-14-6-5-7-16-18(14)21-19(23-16)20-17(22)11-15-9-8-12(2)10-13(15)3/h5-10H,4,11H2,1-3H3,(H,20,21,22). The van der Waals surface area contributed by atoms with Crippen LogP contribution in [0.25, 0.3) is 10.2 Å². The Balaban J connectivity index is 1.77. The fourth-order valence-corrected chi connectivity index (χ4v) is 3.66. The van der Waals surface area contributed by atoms with Gasteiger partial charge in [0.25, 0.3) is 0 Å². The molecule has 1 heterocycles. The quantitative estimate of drug-likeness (QED) is 0.758. The lowest BCUT2D eigenvalue weighted by Gasteiger charge is -2.06. The number of benzene rings is 2. The number of rotatable bonds is 4. The summed E-state index contributed by atoms with van der Waals surface area (Å²) in [5.74, 6) is -0.0194. The Kier molecular flexibility index (Phi) is 4.44. The molecule has 1 N–H and O–H groups in total. The molecule has 0 unspecified atom stereocenters. The van der Waals surface area contributed by atoms with Crippen molar-refractivity contribution < 1.29 is 4.79 Å². The van der Waals surface area contributed by atoms with E-state index in [1.54, 1.807) is 0 Å². The summed E-state index contributed by atoms with van der Waals surface area (Å²) in [6, 6.07) is 12.3. The van der Waals surface area contributed by atoms with Gasteiger partial charge in [-0.2, -0.15) is 0 Å². The summed E-state index contributed by atoms with van der Waals surface area (Å²) in [5, 5.41) is 3.62. The molecule has 3 rings (SSSR count). The van der Waals surface area contributed by atoms with Gasteiger partial charge in [-0.15, -0.1) is 0 Å². The number of hydrogen-bond acceptors (Lipinski definition) is 3. The van der Waals surface area contributed by atoms with Gasteiger partial charge in [0, 0.05) is 0 Å². The third kappa shape index (κ3) is 3.42. The number of aromatic nitrogens is 1. The van der Waals surface area contributed by atoms with E-state index in [9.17, 15) is 4.79 Å². The monoisotopic (exact) mass is 324 g/mol. The van der Waals surface area contributed by atoms with E-state index in [0.29, 0.717) is 11.6 Å². The van der Waals surface area contributed by atoms with Crippen molar-refractivity contribution in [1.82, 2.24) is 4.98 Å². The van der Waals surface area contributed by atoms with Gasteiger partial charge in [0.2, 0.25) is 5.91 Å². The number of nitrogens with one attached hydrogen (secondary N) is 1. The predicted octanol–water partition coefficient (Wildman–Crippen LogP) is 4.66. The number of hydrogen-bond donors (Lipinski definition) is 1. The number of carbonyl (C=O) groups excluding carboxylic acids is 1. The minimum absolute atomic E-state index is 0.0194. The Morgan fingerprint density at radius 3 is 2.74 bits per heavy atom. The van der Waals surface area contributed by atoms with Crippen molar-refractivity contribution in [2.45, 2.75) is 33.6 Å². The van der Waals surface area contributed by atoms with Crippen molar-refractivity contribution in [2.75, 3.05) is 5.32 Å². The van der Waals surface area contributed by atoms with Crippen LogP contribution in [0.1, 0.15) is 29.2 Å². The van der Waals surface area contributed by atoms with E-state index >= 15 is 0 Å². The van der Waals surface area contributed by atoms with E-state index in [2.05, 4.69) is 36.3 Å². The van der Waals surface area contributed by atoms with Gasteiger partial charge in [0.05, 0.1) is 16.6 Å². The summed E-state index contributed by atoms with van der Waals surface area (Å²) in [7, 11) is 0. The summed E-state index contributed by atoms with van der Waals surface area (Å²) in [5.41, 5.74) is 5.64. The first-order valence-electron chi connectivity index (χ1n) is 7.81. The van der Waals surface area contributed by atoms with Crippen LogP contribution in [0.3, 0.4) is 0 Å². The molecule has 0 atom stereocenters. The van der Waals surface area contributed by atoms with Crippen LogP contribution in [-0.4, -0.2) is 10.9 Å². The van der Waals surface area contributed by atoms with Crippen molar-refractivity contribution in [1.29, 1.82) is 0 Å². The molecule has 0 saturated heterocycles. The van der Waals surface area contributed by atoms with Crippen LogP contribution in [0.2, 0.25) is 0 Å². The number of anilines is 1. The normalized spacial score (nSPS) is 10.9. The van der Waals surface area contributed by atoms with E-state index in [1.807, 2.05) is 31.2 Å². The molecule has 0 radical (unpaired) electrons. The number of aryl methyl sites for hydroxylation is 3. The Bertz CT molecular complexity index is 867. The van der Waals surface area contributed by atoms with Crippen molar-refractivity contribution in [3.8, 4) is 0 Å². The highest BCUT2D eigenvalue weighted by molar-refractivity contribution is 7.22. The molecular weight excluding hydrogens is 304 g/mol. The highest BCUT2D eigenvalue weighted by Crippen LogP contribution is 2.28. The van der Waals surface area contributed by atoms with Crippen LogP contribution in [0.5, 0.6) is 0 Å². The van der Waals surface area contributed by atoms with E-state index < -0.39 is 0 Å². The van der Waals surface area contributed by atoms with Gasteiger partial charge in [-0.3, -0.25) is 4.79 Å². The maximum Gasteiger partial charge on any atom is 0.230 e. The van der Waals surface area contributed by atoms with Gasteiger partial charge in [0.15, 0.2) is 5.13 Å². The SMILES string of the molecule is CCc1cccc2sc(NC(=O)Cc3ccc(C)cc3C)nc12. The molecule has 0 aliphatic rings. The van der Waals surface area contributed by atoms with Crippen LogP contribution < -0.4 is 5.32 Å². The summed E-state index contributed by atoms with van der Waals surface area (Å²) in [6.45, 7) is 6.22. The summed E-state index contributed by atoms with van der Waals surface area (Å²) >= 11 is 1.53. The Morgan fingerprint density at radius 1 is 1.17 bits per heavy atom. The largest absolute Gasteiger partial charge is 0.302 e. The first-order chi connectivity index (χ1) is 11.1. The molecule has 0 aliphatic carbocycles. The first kappa shape index (κ1) is 15.7. The maximum atomic E-state index is 12.3. The van der Waals surface area contributed by atoms with Crippen LogP contribution in [-0.2, 0) is 17.6 Å². The molecular formula is C19H20N2OS. The Hall–Kier alpha value is -2.20. The van der Waals surface area contributed by atoms with Crippen LogP contribution >= 0.6 is 11.3 Å². The third-order valence-corrected chi connectivity index (χ3v) is 4.91. The number of nitrogens with zero attached hydrogens (tertiary/aromatic N) is 1. The van der Waals surface area contributed by atoms with Gasteiger partial charge in [-0.1, -0.05) is 54.2 Å². The number of amides is 1. The highest BCUT2D eigenvalue weighted by Gasteiger charge is 2.11. The summed E-state index contributed by atoms with van der Waals surface area (Å²) in [4.78, 5) is 16.9. The lowest BCUT2D eigenvalue weighted by atomic mass is 10.0. The average molecular weight is 324 g/mol. The van der Waals surface area contributed by atoms with E-state index in [0.717, 1.165) is 27.8 Å². The summed E-state index contributed by atoms with van der Waals surface area (Å²) in [6.07, 6.45) is 1.32. The Morgan fingerprint density at radius 2 is 2.00 bits per heavy atom. The van der Waals surface area contributed by atoms with Crippen molar-refractivity contribution in [3.05, 3.63) is 58.7 Å². The lowest BCUT2D eigenvalue weighted by Crippen LogP contribution is -2.14. The molecule has 0 fully saturated rings. The number of fused-ring (bicyclic) bond motifs is 1. The molecule has 0 aliphatic heterocycles. The highest BCUT2D eigenvalue weighted by atomic mass is 32.1. The second-order valence-electron chi connectivity index (χ2n) is 5.79. The van der Waals surface area contributed by atoms with Gasteiger partial charge >= 0.3 is 0 Å². The predicted molar refractivity (Wildman–Crippen MR) is 97.2 cm³/mol. The third-order valence-electron chi connectivity index (χ3n) is 3.98. The van der Waals surface area contributed by atoms with Crippen molar-refractivity contribution in [2.24, 2.45) is 0 Å². The number of carbonyl (C=O) groups is 1. The smallest absolute Gasteiger partial charge is 0.230 e. The number of para-hydroxylation sites is 1. The molecule has 1 aromatic heterocycles. The van der Waals surface area contributed by atoms with Gasteiger partial charge in [0.1, 0.15) is 0 Å². The first-order valence-corrected chi connectivity index (χ1v) is 8.63. The fourth-order valence-electron chi connectivity index (χ4n) is 2.72. The van der Waals surface area contributed by atoms with E-state index in [4.69, 9.17) is 0 Å². The second kappa shape index (κ2) is 6.50. The molecule has 0 bridgehead atoms. The zero-order valence-corrected chi connectivity index (χ0v) is 14.5. The molecule has 0 saturated carbocycles.